The van der Waals surface area contributed by atoms with E-state index in [0.29, 0.717) is 22.6 Å². The molecule has 0 bridgehead atoms. The Balaban J connectivity index is 2.29. The molecule has 0 aliphatic rings. The maximum absolute atomic E-state index is 11.3. The highest BCUT2D eigenvalue weighted by Gasteiger charge is 2.18. The van der Waals surface area contributed by atoms with Crippen LogP contribution in [-0.4, -0.2) is 15.8 Å². The van der Waals surface area contributed by atoms with Crippen LogP contribution in [0.4, 0.5) is 11.4 Å². The minimum Gasteiger partial charge on any atom is -0.433 e. The van der Waals surface area contributed by atoms with Gasteiger partial charge in [0.15, 0.2) is 0 Å². The Morgan fingerprint density at radius 1 is 1.39 bits per heavy atom. The second-order valence-electron chi connectivity index (χ2n) is 4.87. The number of nitrogens with one attached hydrogen (secondary N) is 1. The Morgan fingerprint density at radius 2 is 2.13 bits per heavy atom. The summed E-state index contributed by atoms with van der Waals surface area (Å²) in [7, 11) is 0. The van der Waals surface area contributed by atoms with Crippen LogP contribution in [0.5, 0.6) is 11.6 Å². The third-order valence-corrected chi connectivity index (χ3v) is 3.00. The van der Waals surface area contributed by atoms with Crippen LogP contribution in [0.2, 0.25) is 0 Å². The third kappa shape index (κ3) is 3.91. The molecule has 7 heteroatoms. The SMILES string of the molecule is C=CC(=O)Nc1ccc(Oc2ncc(C)cc2[N+](=O)[O-])c(C)c1. The first kappa shape index (κ1) is 16.2. The predicted molar refractivity (Wildman–Crippen MR) is 85.7 cm³/mol. The van der Waals surface area contributed by atoms with E-state index >= 15 is 0 Å². The van der Waals surface area contributed by atoms with Crippen molar-refractivity contribution in [2.24, 2.45) is 0 Å². The molecule has 0 spiro atoms. The second kappa shape index (κ2) is 6.69. The van der Waals surface area contributed by atoms with Gasteiger partial charge >= 0.3 is 5.69 Å². The molecular formula is C16H15N3O4. The summed E-state index contributed by atoms with van der Waals surface area (Å²) in [5, 5.41) is 13.7. The maximum atomic E-state index is 11.3. The standard InChI is InChI=1S/C16H15N3O4/c1-4-15(20)18-12-5-6-14(11(3)8-12)23-16-13(19(21)22)7-10(2)9-17-16/h4-9H,1H2,2-3H3,(H,18,20). The van der Waals surface area contributed by atoms with Crippen LogP contribution in [0.25, 0.3) is 0 Å². The van der Waals surface area contributed by atoms with E-state index in [9.17, 15) is 14.9 Å². The summed E-state index contributed by atoms with van der Waals surface area (Å²) in [5.41, 5.74) is 1.74. The molecule has 0 radical (unpaired) electrons. The molecule has 1 amide bonds. The number of nitro groups is 1. The summed E-state index contributed by atoms with van der Waals surface area (Å²) in [6.45, 7) is 6.85. The van der Waals surface area contributed by atoms with Gasteiger partial charge < -0.3 is 10.1 Å². The minimum absolute atomic E-state index is 0.0772. The van der Waals surface area contributed by atoms with Crippen molar-refractivity contribution >= 4 is 17.3 Å². The molecule has 0 aliphatic heterocycles. The van der Waals surface area contributed by atoms with E-state index in [-0.39, 0.29) is 17.5 Å². The zero-order chi connectivity index (χ0) is 17.0. The highest BCUT2D eigenvalue weighted by Crippen LogP contribution is 2.32. The van der Waals surface area contributed by atoms with Crippen LogP contribution >= 0.6 is 0 Å². The van der Waals surface area contributed by atoms with Crippen LogP contribution in [0, 0.1) is 24.0 Å². The summed E-state index contributed by atoms with van der Waals surface area (Å²) in [6.07, 6.45) is 2.66. The van der Waals surface area contributed by atoms with Gasteiger partial charge in [0.1, 0.15) is 5.75 Å². The zero-order valence-corrected chi connectivity index (χ0v) is 12.7. The fraction of sp³-hybridized carbons (Fsp3) is 0.125. The fourth-order valence-electron chi connectivity index (χ4n) is 1.89. The number of hydrogen-bond acceptors (Lipinski definition) is 5. The quantitative estimate of drug-likeness (QED) is 0.517. The van der Waals surface area contributed by atoms with Crippen molar-refractivity contribution in [1.29, 1.82) is 0 Å². The number of ether oxygens (including phenoxy) is 1. The molecule has 1 heterocycles. The van der Waals surface area contributed by atoms with Crippen LogP contribution in [0.3, 0.4) is 0 Å². The number of nitrogens with zero attached hydrogens (tertiary/aromatic N) is 2. The van der Waals surface area contributed by atoms with Gasteiger partial charge in [0.2, 0.25) is 5.91 Å². The first-order valence-corrected chi connectivity index (χ1v) is 6.73. The van der Waals surface area contributed by atoms with Gasteiger partial charge in [0, 0.05) is 18.0 Å². The first-order valence-electron chi connectivity index (χ1n) is 6.73. The Kier molecular flexibility index (Phi) is 4.70. The van der Waals surface area contributed by atoms with Gasteiger partial charge in [0.25, 0.3) is 5.88 Å². The predicted octanol–water partition coefficient (Wildman–Crippen LogP) is 3.52. The number of anilines is 1. The van der Waals surface area contributed by atoms with Gasteiger partial charge in [-0.05, 0) is 49.2 Å². The number of rotatable bonds is 5. The number of carbonyl (C=O) groups excluding carboxylic acids is 1. The number of carbonyl (C=O) groups is 1. The van der Waals surface area contributed by atoms with Gasteiger partial charge in [-0.2, -0.15) is 0 Å². The van der Waals surface area contributed by atoms with Gasteiger partial charge in [-0.1, -0.05) is 6.58 Å². The lowest BCUT2D eigenvalue weighted by Crippen LogP contribution is -2.07. The molecule has 0 atom stereocenters. The number of aryl methyl sites for hydroxylation is 2. The Hall–Kier alpha value is -3.22. The summed E-state index contributed by atoms with van der Waals surface area (Å²) < 4.78 is 5.56. The van der Waals surface area contributed by atoms with Crippen molar-refractivity contribution in [3.63, 3.8) is 0 Å². The first-order chi connectivity index (χ1) is 10.9. The molecule has 0 saturated heterocycles. The van der Waals surface area contributed by atoms with Crippen molar-refractivity contribution in [1.82, 2.24) is 4.98 Å². The molecule has 23 heavy (non-hydrogen) atoms. The molecule has 1 N–H and O–H groups in total. The number of amides is 1. The van der Waals surface area contributed by atoms with Crippen molar-refractivity contribution < 1.29 is 14.5 Å². The van der Waals surface area contributed by atoms with Crippen LogP contribution in [0.15, 0.2) is 43.1 Å². The normalized spacial score (nSPS) is 10.0. The number of hydrogen-bond donors (Lipinski definition) is 1. The van der Waals surface area contributed by atoms with Crippen molar-refractivity contribution in [3.05, 3.63) is 64.4 Å². The molecular weight excluding hydrogens is 298 g/mol. The molecule has 0 fully saturated rings. The lowest BCUT2D eigenvalue weighted by molar-refractivity contribution is -0.386. The number of aromatic nitrogens is 1. The van der Waals surface area contributed by atoms with Crippen LogP contribution in [-0.2, 0) is 4.79 Å². The summed E-state index contributed by atoms with van der Waals surface area (Å²) >= 11 is 0. The summed E-state index contributed by atoms with van der Waals surface area (Å²) in [5.74, 6) is 0.0153. The summed E-state index contributed by atoms with van der Waals surface area (Å²) in [4.78, 5) is 25.8. The lowest BCUT2D eigenvalue weighted by Gasteiger charge is -2.10. The van der Waals surface area contributed by atoms with Gasteiger partial charge in [-0.3, -0.25) is 14.9 Å². The molecule has 118 valence electrons. The molecule has 0 unspecified atom stereocenters. The molecule has 0 aliphatic carbocycles. The monoisotopic (exact) mass is 313 g/mol. The van der Waals surface area contributed by atoms with E-state index in [1.807, 2.05) is 0 Å². The van der Waals surface area contributed by atoms with E-state index in [1.165, 1.54) is 18.3 Å². The zero-order valence-electron chi connectivity index (χ0n) is 12.7. The van der Waals surface area contributed by atoms with Crippen molar-refractivity contribution in [2.75, 3.05) is 5.32 Å². The highest BCUT2D eigenvalue weighted by atomic mass is 16.6. The molecule has 0 saturated carbocycles. The minimum atomic E-state index is -0.538. The average molecular weight is 313 g/mol. The Morgan fingerprint density at radius 3 is 2.74 bits per heavy atom. The Bertz CT molecular complexity index is 787. The number of benzene rings is 1. The van der Waals surface area contributed by atoms with Gasteiger partial charge in [-0.25, -0.2) is 4.98 Å². The van der Waals surface area contributed by atoms with Crippen molar-refractivity contribution in [3.8, 4) is 11.6 Å². The molecule has 2 aromatic rings. The molecule has 1 aromatic heterocycles. The smallest absolute Gasteiger partial charge is 0.331 e. The van der Waals surface area contributed by atoms with E-state index in [1.54, 1.807) is 32.0 Å². The third-order valence-electron chi connectivity index (χ3n) is 3.00. The van der Waals surface area contributed by atoms with E-state index in [0.717, 1.165) is 0 Å². The second-order valence-corrected chi connectivity index (χ2v) is 4.87. The van der Waals surface area contributed by atoms with E-state index < -0.39 is 4.92 Å². The van der Waals surface area contributed by atoms with E-state index in [4.69, 9.17) is 4.74 Å². The average Bonchev–Trinajstić information content (AvgIpc) is 2.51. The van der Waals surface area contributed by atoms with Crippen LogP contribution < -0.4 is 10.1 Å². The number of pyridine rings is 1. The van der Waals surface area contributed by atoms with Gasteiger partial charge in [0.05, 0.1) is 4.92 Å². The largest absolute Gasteiger partial charge is 0.433 e. The molecule has 7 nitrogen and oxygen atoms in total. The van der Waals surface area contributed by atoms with Gasteiger partial charge in [-0.15, -0.1) is 0 Å². The fourth-order valence-corrected chi connectivity index (χ4v) is 1.89. The Labute approximate surface area is 132 Å². The maximum Gasteiger partial charge on any atom is 0.331 e. The molecule has 2 rings (SSSR count). The molecule has 1 aromatic carbocycles. The van der Waals surface area contributed by atoms with E-state index in [2.05, 4.69) is 16.9 Å². The van der Waals surface area contributed by atoms with Crippen LogP contribution in [0.1, 0.15) is 11.1 Å². The summed E-state index contributed by atoms with van der Waals surface area (Å²) in [6, 6.07) is 6.33. The van der Waals surface area contributed by atoms with Crippen molar-refractivity contribution in [2.45, 2.75) is 13.8 Å². The highest BCUT2D eigenvalue weighted by molar-refractivity contribution is 5.98. The lowest BCUT2D eigenvalue weighted by atomic mass is 10.2. The topological polar surface area (TPSA) is 94.4 Å².